The van der Waals surface area contributed by atoms with Gasteiger partial charge in [-0.1, -0.05) is 23.8 Å². The van der Waals surface area contributed by atoms with Gasteiger partial charge < -0.3 is 5.73 Å². The Kier molecular flexibility index (Phi) is 3.25. The van der Waals surface area contributed by atoms with Gasteiger partial charge in [-0.25, -0.2) is 4.68 Å². The third-order valence-corrected chi connectivity index (χ3v) is 3.13. The van der Waals surface area contributed by atoms with Crippen molar-refractivity contribution in [3.8, 4) is 0 Å². The van der Waals surface area contributed by atoms with E-state index in [0.29, 0.717) is 12.2 Å². The largest absolute Gasteiger partial charge is 0.378 e. The highest BCUT2D eigenvalue weighted by molar-refractivity contribution is 5.56. The molecule has 1 heterocycles. The Morgan fingerprint density at radius 3 is 2.58 bits per heavy atom. The van der Waals surface area contributed by atoms with E-state index in [1.54, 1.807) is 6.92 Å². The molecule has 2 aromatic rings. The summed E-state index contributed by atoms with van der Waals surface area (Å²) in [4.78, 5) is 10.4. The second kappa shape index (κ2) is 4.72. The highest BCUT2D eigenvalue weighted by Crippen LogP contribution is 2.26. The van der Waals surface area contributed by atoms with Gasteiger partial charge in [-0.05, 0) is 31.9 Å². The molecule has 100 valence electrons. The molecular formula is C13H16N4O2. The predicted molar refractivity (Wildman–Crippen MR) is 73.0 cm³/mol. The average Bonchev–Trinajstić information content (AvgIpc) is 2.58. The molecule has 0 aliphatic carbocycles. The number of anilines is 1. The molecule has 0 saturated heterocycles. The van der Waals surface area contributed by atoms with Crippen LogP contribution in [-0.2, 0) is 6.54 Å². The maximum atomic E-state index is 10.9. The fourth-order valence-corrected chi connectivity index (χ4v) is 2.12. The zero-order chi connectivity index (χ0) is 14.2. The lowest BCUT2D eigenvalue weighted by Crippen LogP contribution is -2.07. The molecule has 1 aromatic carbocycles. The summed E-state index contributed by atoms with van der Waals surface area (Å²) in [6.07, 6.45) is 0. The fourth-order valence-electron chi connectivity index (χ4n) is 2.12. The standard InChI is InChI=1S/C13H16N4O2/c1-8-4-5-11(9(2)6-8)7-16-13(14)12(17(18)19)10(3)15-16/h4-6H,7,14H2,1-3H3. The zero-order valence-electron chi connectivity index (χ0n) is 11.2. The number of nitrogen functional groups attached to an aromatic ring is 1. The third-order valence-electron chi connectivity index (χ3n) is 3.13. The lowest BCUT2D eigenvalue weighted by Gasteiger charge is -2.08. The quantitative estimate of drug-likeness (QED) is 0.677. The average molecular weight is 260 g/mol. The van der Waals surface area contributed by atoms with Crippen molar-refractivity contribution in [1.82, 2.24) is 9.78 Å². The van der Waals surface area contributed by atoms with Gasteiger partial charge in [-0.2, -0.15) is 5.10 Å². The van der Waals surface area contributed by atoms with Gasteiger partial charge in [0.05, 0.1) is 11.5 Å². The van der Waals surface area contributed by atoms with Crippen molar-refractivity contribution in [1.29, 1.82) is 0 Å². The Bertz CT molecular complexity index is 646. The minimum Gasteiger partial charge on any atom is -0.378 e. The minimum atomic E-state index is -0.490. The van der Waals surface area contributed by atoms with E-state index in [4.69, 9.17) is 5.73 Å². The molecule has 1 aromatic heterocycles. The molecule has 0 aliphatic heterocycles. The maximum Gasteiger partial charge on any atom is 0.333 e. The molecule has 0 fully saturated rings. The van der Waals surface area contributed by atoms with Crippen molar-refractivity contribution >= 4 is 11.5 Å². The van der Waals surface area contributed by atoms with Crippen LogP contribution in [0.15, 0.2) is 18.2 Å². The third kappa shape index (κ3) is 2.42. The van der Waals surface area contributed by atoms with Crippen LogP contribution < -0.4 is 5.73 Å². The number of rotatable bonds is 3. The summed E-state index contributed by atoms with van der Waals surface area (Å²) in [5.41, 5.74) is 9.37. The van der Waals surface area contributed by atoms with Crippen molar-refractivity contribution in [3.63, 3.8) is 0 Å². The zero-order valence-corrected chi connectivity index (χ0v) is 11.2. The van der Waals surface area contributed by atoms with E-state index in [9.17, 15) is 10.1 Å². The van der Waals surface area contributed by atoms with E-state index >= 15 is 0 Å². The molecule has 19 heavy (non-hydrogen) atoms. The van der Waals surface area contributed by atoms with Gasteiger partial charge in [-0.3, -0.25) is 10.1 Å². The van der Waals surface area contributed by atoms with E-state index in [1.807, 2.05) is 26.0 Å². The number of nitrogens with zero attached hydrogens (tertiary/aromatic N) is 3. The van der Waals surface area contributed by atoms with E-state index < -0.39 is 4.92 Å². The number of aryl methyl sites for hydroxylation is 3. The number of hydrogen-bond acceptors (Lipinski definition) is 4. The molecule has 0 radical (unpaired) electrons. The van der Waals surface area contributed by atoms with Gasteiger partial charge in [0.2, 0.25) is 5.82 Å². The number of aromatic nitrogens is 2. The summed E-state index contributed by atoms with van der Waals surface area (Å²) in [6.45, 7) is 6.05. The molecule has 0 aliphatic rings. The summed E-state index contributed by atoms with van der Waals surface area (Å²) in [5, 5.41) is 15.0. The molecule has 2 N–H and O–H groups in total. The van der Waals surface area contributed by atoms with Crippen molar-refractivity contribution in [3.05, 3.63) is 50.7 Å². The van der Waals surface area contributed by atoms with Crippen LogP contribution >= 0.6 is 0 Å². The van der Waals surface area contributed by atoms with Gasteiger partial charge in [0, 0.05) is 0 Å². The first kappa shape index (κ1) is 13.1. The van der Waals surface area contributed by atoms with Gasteiger partial charge in [-0.15, -0.1) is 0 Å². The van der Waals surface area contributed by atoms with Crippen LogP contribution in [0.3, 0.4) is 0 Å². The Hall–Kier alpha value is -2.37. The van der Waals surface area contributed by atoms with E-state index in [1.165, 1.54) is 10.2 Å². The highest BCUT2D eigenvalue weighted by Gasteiger charge is 2.22. The van der Waals surface area contributed by atoms with Crippen molar-refractivity contribution in [2.45, 2.75) is 27.3 Å². The number of hydrogen-bond donors (Lipinski definition) is 1. The Balaban J connectivity index is 2.39. The van der Waals surface area contributed by atoms with Crippen LogP contribution in [0.2, 0.25) is 0 Å². The summed E-state index contributed by atoms with van der Waals surface area (Å²) in [5.74, 6) is 0.0995. The van der Waals surface area contributed by atoms with Crippen LogP contribution in [0.4, 0.5) is 11.5 Å². The fraction of sp³-hybridized carbons (Fsp3) is 0.308. The van der Waals surface area contributed by atoms with Crippen molar-refractivity contribution < 1.29 is 4.92 Å². The van der Waals surface area contributed by atoms with Crippen molar-refractivity contribution in [2.75, 3.05) is 5.73 Å². The molecule has 0 spiro atoms. The van der Waals surface area contributed by atoms with Gasteiger partial charge in [0.1, 0.15) is 5.69 Å². The first-order chi connectivity index (χ1) is 8.90. The molecule has 0 bridgehead atoms. The van der Waals surface area contributed by atoms with Gasteiger partial charge in [0.25, 0.3) is 0 Å². The lowest BCUT2D eigenvalue weighted by molar-refractivity contribution is -0.384. The minimum absolute atomic E-state index is 0.0995. The maximum absolute atomic E-state index is 10.9. The molecule has 0 unspecified atom stereocenters. The van der Waals surface area contributed by atoms with E-state index in [0.717, 1.165) is 11.1 Å². The highest BCUT2D eigenvalue weighted by atomic mass is 16.6. The van der Waals surface area contributed by atoms with Crippen LogP contribution in [-0.4, -0.2) is 14.7 Å². The first-order valence-corrected chi connectivity index (χ1v) is 5.93. The van der Waals surface area contributed by atoms with Gasteiger partial charge in [0.15, 0.2) is 0 Å². The summed E-state index contributed by atoms with van der Waals surface area (Å²) >= 11 is 0. The smallest absolute Gasteiger partial charge is 0.333 e. The van der Waals surface area contributed by atoms with Crippen LogP contribution in [0, 0.1) is 30.9 Å². The lowest BCUT2D eigenvalue weighted by atomic mass is 10.1. The van der Waals surface area contributed by atoms with E-state index in [-0.39, 0.29) is 11.5 Å². The van der Waals surface area contributed by atoms with Crippen molar-refractivity contribution in [2.24, 2.45) is 0 Å². The number of benzene rings is 1. The Morgan fingerprint density at radius 2 is 2.05 bits per heavy atom. The molecule has 0 amide bonds. The van der Waals surface area contributed by atoms with Crippen LogP contribution in [0.5, 0.6) is 0 Å². The second-order valence-corrected chi connectivity index (χ2v) is 4.66. The number of nitro groups is 1. The summed E-state index contributed by atoms with van der Waals surface area (Å²) < 4.78 is 1.48. The molecule has 6 heteroatoms. The van der Waals surface area contributed by atoms with Gasteiger partial charge >= 0.3 is 5.69 Å². The predicted octanol–water partition coefficient (Wildman–Crippen LogP) is 2.35. The SMILES string of the molecule is Cc1ccc(Cn2nc(C)c([N+](=O)[O-])c2N)c(C)c1. The topological polar surface area (TPSA) is 87.0 Å². The molecule has 6 nitrogen and oxygen atoms in total. The molecule has 2 rings (SSSR count). The summed E-state index contributed by atoms with van der Waals surface area (Å²) in [7, 11) is 0. The normalized spacial score (nSPS) is 10.7. The van der Waals surface area contributed by atoms with Crippen LogP contribution in [0.1, 0.15) is 22.4 Å². The molecular weight excluding hydrogens is 244 g/mol. The monoisotopic (exact) mass is 260 g/mol. The second-order valence-electron chi connectivity index (χ2n) is 4.66. The molecule has 0 atom stereocenters. The van der Waals surface area contributed by atoms with Crippen LogP contribution in [0.25, 0.3) is 0 Å². The Labute approximate surface area is 111 Å². The summed E-state index contributed by atoms with van der Waals surface area (Å²) in [6, 6.07) is 6.06. The first-order valence-electron chi connectivity index (χ1n) is 5.93. The molecule has 0 saturated carbocycles. The number of nitrogens with two attached hydrogens (primary N) is 1. The van der Waals surface area contributed by atoms with E-state index in [2.05, 4.69) is 11.2 Å². The Morgan fingerprint density at radius 1 is 1.37 bits per heavy atom.